The number of carbonyl (C=O) groups is 1. The standard InChI is InChI=1S/C18H24N6O2/c1-11-12(2)21-16(18(25)19-3)23-17(11)24-9-7-13(10-24)22-15-14(26-4)6-5-8-20-15/h5-6,8,13H,7,9-10H2,1-4H3,(H,19,25)(H,20,22)/t13-/m1/s1. The molecule has 0 aliphatic carbocycles. The van der Waals surface area contributed by atoms with E-state index in [1.54, 1.807) is 20.4 Å². The molecule has 2 aromatic rings. The largest absolute Gasteiger partial charge is 0.493 e. The molecule has 138 valence electrons. The van der Waals surface area contributed by atoms with Crippen molar-refractivity contribution in [3.63, 3.8) is 0 Å². The average molecular weight is 356 g/mol. The first-order valence-electron chi connectivity index (χ1n) is 8.61. The van der Waals surface area contributed by atoms with Gasteiger partial charge in [0.1, 0.15) is 5.82 Å². The highest BCUT2D eigenvalue weighted by atomic mass is 16.5. The van der Waals surface area contributed by atoms with E-state index in [4.69, 9.17) is 4.74 Å². The van der Waals surface area contributed by atoms with Gasteiger partial charge < -0.3 is 20.3 Å². The van der Waals surface area contributed by atoms with Crippen molar-refractivity contribution in [2.45, 2.75) is 26.3 Å². The first-order valence-corrected chi connectivity index (χ1v) is 8.61. The molecule has 2 N–H and O–H groups in total. The summed E-state index contributed by atoms with van der Waals surface area (Å²) < 4.78 is 5.35. The summed E-state index contributed by atoms with van der Waals surface area (Å²) in [6, 6.07) is 3.95. The van der Waals surface area contributed by atoms with E-state index in [0.717, 1.165) is 48.2 Å². The first-order chi connectivity index (χ1) is 12.5. The SMILES string of the molecule is CNC(=O)c1nc(C)c(C)c(N2CC[C@@H](Nc3ncccc3OC)C2)n1. The number of aromatic nitrogens is 3. The molecule has 1 amide bonds. The normalized spacial score (nSPS) is 16.5. The highest BCUT2D eigenvalue weighted by Crippen LogP contribution is 2.27. The van der Waals surface area contributed by atoms with Gasteiger partial charge in [-0.05, 0) is 32.4 Å². The smallest absolute Gasteiger partial charge is 0.288 e. The zero-order chi connectivity index (χ0) is 18.7. The van der Waals surface area contributed by atoms with Crippen molar-refractivity contribution in [1.82, 2.24) is 20.3 Å². The van der Waals surface area contributed by atoms with Crippen LogP contribution in [0.1, 0.15) is 28.3 Å². The van der Waals surface area contributed by atoms with Crippen LogP contribution >= 0.6 is 0 Å². The molecule has 0 aromatic carbocycles. The third kappa shape index (κ3) is 3.54. The van der Waals surface area contributed by atoms with Gasteiger partial charge in [0, 0.05) is 43.6 Å². The summed E-state index contributed by atoms with van der Waals surface area (Å²) in [5.74, 6) is 2.20. The lowest BCUT2D eigenvalue weighted by Gasteiger charge is -2.21. The van der Waals surface area contributed by atoms with Crippen LogP contribution in [0.15, 0.2) is 18.3 Å². The average Bonchev–Trinajstić information content (AvgIpc) is 3.11. The quantitative estimate of drug-likeness (QED) is 0.839. The molecule has 1 fully saturated rings. The summed E-state index contributed by atoms with van der Waals surface area (Å²) in [7, 11) is 3.22. The molecule has 1 aliphatic rings. The number of ether oxygens (including phenoxy) is 1. The van der Waals surface area contributed by atoms with E-state index in [2.05, 4.69) is 30.5 Å². The fourth-order valence-electron chi connectivity index (χ4n) is 3.06. The Hall–Kier alpha value is -2.90. The van der Waals surface area contributed by atoms with Crippen LogP contribution in [-0.2, 0) is 0 Å². The number of carbonyl (C=O) groups excluding carboxylic acids is 1. The topological polar surface area (TPSA) is 92.3 Å². The number of amides is 1. The van der Waals surface area contributed by atoms with Gasteiger partial charge in [0.15, 0.2) is 11.6 Å². The molecule has 8 heteroatoms. The molecule has 0 radical (unpaired) electrons. The monoisotopic (exact) mass is 356 g/mol. The molecule has 3 heterocycles. The van der Waals surface area contributed by atoms with Gasteiger partial charge >= 0.3 is 0 Å². The molecule has 26 heavy (non-hydrogen) atoms. The van der Waals surface area contributed by atoms with Crippen LogP contribution in [0.2, 0.25) is 0 Å². The summed E-state index contributed by atoms with van der Waals surface area (Å²) in [6.07, 6.45) is 2.68. The van der Waals surface area contributed by atoms with Crippen molar-refractivity contribution in [3.05, 3.63) is 35.4 Å². The van der Waals surface area contributed by atoms with Gasteiger partial charge in [0.25, 0.3) is 5.91 Å². The number of anilines is 2. The van der Waals surface area contributed by atoms with Crippen LogP contribution in [-0.4, -0.2) is 54.1 Å². The Balaban J connectivity index is 1.78. The van der Waals surface area contributed by atoms with Crippen molar-refractivity contribution in [1.29, 1.82) is 0 Å². The maximum Gasteiger partial charge on any atom is 0.288 e. The summed E-state index contributed by atoms with van der Waals surface area (Å²) in [5, 5.41) is 6.03. The molecule has 2 aromatic heterocycles. The van der Waals surface area contributed by atoms with Gasteiger partial charge in [-0.1, -0.05) is 0 Å². The minimum absolute atomic E-state index is 0.202. The van der Waals surface area contributed by atoms with E-state index < -0.39 is 0 Å². The Labute approximate surface area is 153 Å². The Kier molecular flexibility index (Phi) is 5.20. The number of nitrogens with one attached hydrogen (secondary N) is 2. The van der Waals surface area contributed by atoms with Crippen LogP contribution in [0.3, 0.4) is 0 Å². The molecule has 0 saturated carbocycles. The molecule has 8 nitrogen and oxygen atoms in total. The van der Waals surface area contributed by atoms with Gasteiger partial charge in [-0.15, -0.1) is 0 Å². The van der Waals surface area contributed by atoms with Gasteiger partial charge in [0.2, 0.25) is 5.82 Å². The van der Waals surface area contributed by atoms with Crippen LogP contribution in [0.4, 0.5) is 11.6 Å². The molecule has 0 bridgehead atoms. The molecular weight excluding hydrogens is 332 g/mol. The summed E-state index contributed by atoms with van der Waals surface area (Å²) in [6.45, 7) is 5.50. The summed E-state index contributed by atoms with van der Waals surface area (Å²) in [5.41, 5.74) is 1.81. The third-order valence-electron chi connectivity index (χ3n) is 4.61. The van der Waals surface area contributed by atoms with Crippen LogP contribution in [0, 0.1) is 13.8 Å². The molecule has 1 saturated heterocycles. The fourth-order valence-corrected chi connectivity index (χ4v) is 3.06. The number of nitrogens with zero attached hydrogens (tertiary/aromatic N) is 4. The lowest BCUT2D eigenvalue weighted by atomic mass is 10.2. The summed E-state index contributed by atoms with van der Waals surface area (Å²) >= 11 is 0. The number of rotatable bonds is 5. The second kappa shape index (κ2) is 7.55. The second-order valence-electron chi connectivity index (χ2n) is 6.29. The highest BCUT2D eigenvalue weighted by molar-refractivity contribution is 5.90. The van der Waals surface area contributed by atoms with Crippen LogP contribution < -0.4 is 20.3 Å². The highest BCUT2D eigenvalue weighted by Gasteiger charge is 2.27. The van der Waals surface area contributed by atoms with Crippen LogP contribution in [0.5, 0.6) is 5.75 Å². The molecule has 1 atom stereocenters. The van der Waals surface area contributed by atoms with Gasteiger partial charge in [0.05, 0.1) is 7.11 Å². The number of hydrogen-bond donors (Lipinski definition) is 2. The lowest BCUT2D eigenvalue weighted by molar-refractivity contribution is 0.0952. The zero-order valence-corrected chi connectivity index (χ0v) is 15.5. The minimum Gasteiger partial charge on any atom is -0.493 e. The number of aryl methyl sites for hydroxylation is 1. The number of hydrogen-bond acceptors (Lipinski definition) is 7. The second-order valence-corrected chi connectivity index (χ2v) is 6.29. The van der Waals surface area contributed by atoms with E-state index in [-0.39, 0.29) is 17.8 Å². The number of methoxy groups -OCH3 is 1. The maximum atomic E-state index is 11.9. The summed E-state index contributed by atoms with van der Waals surface area (Å²) in [4.78, 5) is 27.3. The van der Waals surface area contributed by atoms with Gasteiger partial charge in [-0.3, -0.25) is 4.79 Å². The number of pyridine rings is 1. The van der Waals surface area contributed by atoms with E-state index in [1.807, 2.05) is 26.0 Å². The zero-order valence-electron chi connectivity index (χ0n) is 15.5. The van der Waals surface area contributed by atoms with Crippen molar-refractivity contribution in [3.8, 4) is 5.75 Å². The van der Waals surface area contributed by atoms with Crippen molar-refractivity contribution >= 4 is 17.5 Å². The Morgan fingerprint density at radius 2 is 2.15 bits per heavy atom. The maximum absolute atomic E-state index is 11.9. The minimum atomic E-state index is -0.276. The predicted molar refractivity (Wildman–Crippen MR) is 99.9 cm³/mol. The van der Waals surface area contributed by atoms with Crippen molar-refractivity contribution in [2.24, 2.45) is 0 Å². The Morgan fingerprint density at radius 3 is 2.88 bits per heavy atom. The molecule has 0 spiro atoms. The third-order valence-corrected chi connectivity index (χ3v) is 4.61. The molecule has 1 aliphatic heterocycles. The van der Waals surface area contributed by atoms with E-state index in [0.29, 0.717) is 0 Å². The van der Waals surface area contributed by atoms with E-state index in [1.165, 1.54) is 0 Å². The Morgan fingerprint density at radius 1 is 1.35 bits per heavy atom. The van der Waals surface area contributed by atoms with E-state index in [9.17, 15) is 4.79 Å². The van der Waals surface area contributed by atoms with E-state index >= 15 is 0 Å². The lowest BCUT2D eigenvalue weighted by Crippen LogP contribution is -2.29. The van der Waals surface area contributed by atoms with Gasteiger partial charge in [-0.25, -0.2) is 15.0 Å². The van der Waals surface area contributed by atoms with Crippen LogP contribution in [0.25, 0.3) is 0 Å². The fraction of sp³-hybridized carbons (Fsp3) is 0.444. The van der Waals surface area contributed by atoms with Gasteiger partial charge in [-0.2, -0.15) is 0 Å². The predicted octanol–water partition coefficient (Wildman–Crippen LogP) is 1.55. The molecular formula is C18H24N6O2. The first kappa shape index (κ1) is 17.9. The molecule has 3 rings (SSSR count). The van der Waals surface area contributed by atoms with Crippen molar-refractivity contribution < 1.29 is 9.53 Å². The Bertz CT molecular complexity index is 810. The molecule has 0 unspecified atom stereocenters. The van der Waals surface area contributed by atoms with Crippen molar-refractivity contribution in [2.75, 3.05) is 37.5 Å².